The van der Waals surface area contributed by atoms with Crippen molar-refractivity contribution in [2.45, 2.75) is 213 Å². The third-order valence-electron chi connectivity index (χ3n) is 8.47. The van der Waals surface area contributed by atoms with E-state index in [1.54, 1.807) is 0 Å². The number of carbonyl (C=O) groups excluding carboxylic acids is 2. The monoisotopic (exact) mass is 647 g/mol. The van der Waals surface area contributed by atoms with Crippen LogP contribution in [0.3, 0.4) is 0 Å². The highest BCUT2D eigenvalue weighted by Crippen LogP contribution is 2.13. The molecule has 0 saturated heterocycles. The van der Waals surface area contributed by atoms with Crippen LogP contribution in [0.2, 0.25) is 0 Å². The lowest BCUT2D eigenvalue weighted by Crippen LogP contribution is -2.24. The molecule has 4 nitrogen and oxygen atoms in total. The molecule has 0 aliphatic rings. The van der Waals surface area contributed by atoms with Gasteiger partial charge in [0.2, 0.25) is 0 Å². The summed E-state index contributed by atoms with van der Waals surface area (Å²) in [6.07, 6.45) is 43.0. The van der Waals surface area contributed by atoms with Crippen LogP contribution in [0.4, 0.5) is 0 Å². The molecule has 1 atom stereocenters. The van der Waals surface area contributed by atoms with Crippen molar-refractivity contribution in [2.24, 2.45) is 0 Å². The van der Waals surface area contributed by atoms with E-state index in [4.69, 9.17) is 9.47 Å². The van der Waals surface area contributed by atoms with Gasteiger partial charge in [0.25, 0.3) is 0 Å². The van der Waals surface area contributed by atoms with Crippen LogP contribution in [0, 0.1) is 0 Å². The number of esters is 2. The van der Waals surface area contributed by atoms with Crippen LogP contribution < -0.4 is 0 Å². The highest BCUT2D eigenvalue weighted by atomic mass is 16.6. The summed E-state index contributed by atoms with van der Waals surface area (Å²) in [7, 11) is 0. The minimum absolute atomic E-state index is 0.164. The molecule has 0 aromatic rings. The fourth-order valence-corrected chi connectivity index (χ4v) is 5.42. The Balaban J connectivity index is 0. The van der Waals surface area contributed by atoms with E-state index in [1.165, 1.54) is 141 Å². The first-order chi connectivity index (χ1) is 22.6. The third kappa shape index (κ3) is 38.3. The van der Waals surface area contributed by atoms with Gasteiger partial charge in [-0.3, -0.25) is 9.59 Å². The van der Waals surface area contributed by atoms with E-state index in [0.717, 1.165) is 25.7 Å². The minimum Gasteiger partial charge on any atom is -0.462 e. The first-order valence-corrected chi connectivity index (χ1v) is 19.8. The van der Waals surface area contributed by atoms with Crippen molar-refractivity contribution in [1.82, 2.24) is 0 Å². The van der Waals surface area contributed by atoms with Gasteiger partial charge in [-0.1, -0.05) is 148 Å². The topological polar surface area (TPSA) is 52.6 Å². The van der Waals surface area contributed by atoms with Gasteiger partial charge in [-0.05, 0) is 70.6 Å². The standard InChI is InChI=1S/C40H74O4.C2H4/c1-4-7-9-11-13-15-17-19-21-23-25-27-29-31-33-35-39(41)43-37-38(6-3)44-40(42)36-34-32-30-28-26-24-22-20-18-16-14-12-10-8-5-2;1-2/h19-22,38H,4-18,23-37H2,1-3H3;1-2H2/b21-19-,22-20-;. The minimum atomic E-state index is -0.330. The molecule has 0 saturated carbocycles. The number of allylic oxidation sites excluding steroid dienone is 4. The molecule has 0 aliphatic heterocycles. The molecule has 0 spiro atoms. The summed E-state index contributed by atoms with van der Waals surface area (Å²) in [6.45, 7) is 12.7. The van der Waals surface area contributed by atoms with Gasteiger partial charge in [0.1, 0.15) is 12.7 Å². The summed E-state index contributed by atoms with van der Waals surface area (Å²) in [4.78, 5) is 24.4. The quantitative estimate of drug-likeness (QED) is 0.0396. The first-order valence-electron chi connectivity index (χ1n) is 19.8. The summed E-state index contributed by atoms with van der Waals surface area (Å²) in [5, 5.41) is 0. The number of carbonyl (C=O) groups is 2. The Morgan fingerprint density at radius 2 is 0.804 bits per heavy atom. The molecule has 46 heavy (non-hydrogen) atoms. The molecule has 1 unspecified atom stereocenters. The van der Waals surface area contributed by atoms with E-state index in [2.05, 4.69) is 51.3 Å². The van der Waals surface area contributed by atoms with Crippen molar-refractivity contribution in [3.05, 3.63) is 37.5 Å². The molecule has 270 valence electrons. The smallest absolute Gasteiger partial charge is 0.306 e. The summed E-state index contributed by atoms with van der Waals surface area (Å²) in [6, 6.07) is 0. The lowest BCUT2D eigenvalue weighted by molar-refractivity contribution is -0.159. The van der Waals surface area contributed by atoms with E-state index in [-0.39, 0.29) is 24.6 Å². The zero-order chi connectivity index (χ0) is 34.2. The Bertz CT molecular complexity index is 683. The maximum Gasteiger partial charge on any atom is 0.306 e. The van der Waals surface area contributed by atoms with Crippen LogP contribution in [0.15, 0.2) is 37.5 Å². The zero-order valence-electron chi connectivity index (χ0n) is 31.1. The molecule has 0 fully saturated rings. The lowest BCUT2D eigenvalue weighted by atomic mass is 10.1. The normalized spacial score (nSPS) is 11.9. The van der Waals surface area contributed by atoms with Crippen LogP contribution in [0.1, 0.15) is 207 Å². The number of rotatable bonds is 34. The van der Waals surface area contributed by atoms with Crippen molar-refractivity contribution in [3.8, 4) is 0 Å². The highest BCUT2D eigenvalue weighted by molar-refractivity contribution is 5.70. The zero-order valence-corrected chi connectivity index (χ0v) is 31.1. The van der Waals surface area contributed by atoms with Crippen molar-refractivity contribution in [2.75, 3.05) is 6.61 Å². The van der Waals surface area contributed by atoms with Crippen LogP contribution in [-0.4, -0.2) is 24.6 Å². The second kappa shape index (κ2) is 41.2. The van der Waals surface area contributed by atoms with E-state index in [0.29, 0.717) is 19.3 Å². The van der Waals surface area contributed by atoms with Crippen LogP contribution in [0.25, 0.3) is 0 Å². The average Bonchev–Trinajstić information content (AvgIpc) is 3.07. The van der Waals surface area contributed by atoms with Gasteiger partial charge in [-0.25, -0.2) is 0 Å². The van der Waals surface area contributed by atoms with Crippen molar-refractivity contribution in [1.29, 1.82) is 0 Å². The molecule has 0 rings (SSSR count). The Morgan fingerprint density at radius 1 is 0.478 bits per heavy atom. The van der Waals surface area contributed by atoms with Crippen molar-refractivity contribution >= 4 is 11.9 Å². The summed E-state index contributed by atoms with van der Waals surface area (Å²) >= 11 is 0. The van der Waals surface area contributed by atoms with E-state index in [1.807, 2.05) is 6.92 Å². The molecule has 0 amide bonds. The predicted octanol–water partition coefficient (Wildman–Crippen LogP) is 13.7. The second-order valence-electron chi connectivity index (χ2n) is 12.9. The number of hydrogen-bond acceptors (Lipinski definition) is 4. The molecule has 4 heteroatoms. The molecule has 0 radical (unpaired) electrons. The molecule has 0 heterocycles. The Kier molecular flexibility index (Phi) is 41.4. The number of ether oxygens (including phenoxy) is 2. The molecule has 0 bridgehead atoms. The molecule has 0 aromatic heterocycles. The molecule has 0 aromatic carbocycles. The van der Waals surface area contributed by atoms with Gasteiger partial charge >= 0.3 is 11.9 Å². The second-order valence-corrected chi connectivity index (χ2v) is 12.9. The molecular formula is C42H78O4. The lowest BCUT2D eigenvalue weighted by Gasteiger charge is -2.16. The van der Waals surface area contributed by atoms with Gasteiger partial charge in [-0.15, -0.1) is 13.2 Å². The van der Waals surface area contributed by atoms with Crippen molar-refractivity contribution in [3.63, 3.8) is 0 Å². The van der Waals surface area contributed by atoms with Crippen molar-refractivity contribution < 1.29 is 19.1 Å². The van der Waals surface area contributed by atoms with Crippen LogP contribution in [0.5, 0.6) is 0 Å². The summed E-state index contributed by atoms with van der Waals surface area (Å²) in [5.41, 5.74) is 0. The number of hydrogen-bond donors (Lipinski definition) is 0. The van der Waals surface area contributed by atoms with Gasteiger partial charge < -0.3 is 9.47 Å². The fourth-order valence-electron chi connectivity index (χ4n) is 5.42. The van der Waals surface area contributed by atoms with E-state index in [9.17, 15) is 9.59 Å². The Hall–Kier alpha value is -1.84. The third-order valence-corrected chi connectivity index (χ3v) is 8.47. The molecule has 0 aliphatic carbocycles. The van der Waals surface area contributed by atoms with E-state index < -0.39 is 0 Å². The SMILES string of the molecule is C=C.CCCCCCCC/C=C\CCCCCCCC(=O)OCC(CC)OC(=O)CCCCCCC/C=C\CCCCCCCC. The maximum atomic E-state index is 12.2. The van der Waals surface area contributed by atoms with Gasteiger partial charge in [0, 0.05) is 12.8 Å². The summed E-state index contributed by atoms with van der Waals surface area (Å²) < 4.78 is 11.0. The molecule has 0 N–H and O–H groups in total. The Labute approximate surface area is 287 Å². The first kappa shape index (κ1) is 46.3. The summed E-state index contributed by atoms with van der Waals surface area (Å²) in [5.74, 6) is -0.336. The number of unbranched alkanes of at least 4 members (excludes halogenated alkanes) is 22. The van der Waals surface area contributed by atoms with Crippen LogP contribution in [-0.2, 0) is 19.1 Å². The molecular weight excluding hydrogens is 568 g/mol. The van der Waals surface area contributed by atoms with Gasteiger partial charge in [-0.2, -0.15) is 0 Å². The Morgan fingerprint density at radius 3 is 1.17 bits per heavy atom. The predicted molar refractivity (Wildman–Crippen MR) is 201 cm³/mol. The van der Waals surface area contributed by atoms with Gasteiger partial charge in [0.15, 0.2) is 0 Å². The van der Waals surface area contributed by atoms with Gasteiger partial charge in [0.05, 0.1) is 0 Å². The van der Waals surface area contributed by atoms with E-state index >= 15 is 0 Å². The largest absolute Gasteiger partial charge is 0.462 e. The highest BCUT2D eigenvalue weighted by Gasteiger charge is 2.15. The van der Waals surface area contributed by atoms with Crippen LogP contribution >= 0.6 is 0 Å². The average molecular weight is 647 g/mol. The maximum absolute atomic E-state index is 12.2. The fraction of sp³-hybridized carbons (Fsp3) is 0.810.